The Morgan fingerprint density at radius 2 is 1.96 bits per heavy atom. The topological polar surface area (TPSA) is 37.3 Å². The van der Waals surface area contributed by atoms with E-state index in [0.29, 0.717) is 24.2 Å². The van der Waals surface area contributed by atoms with Crippen molar-refractivity contribution in [2.75, 3.05) is 0 Å². The summed E-state index contributed by atoms with van der Waals surface area (Å²) in [5, 5.41) is 11.3. The summed E-state index contributed by atoms with van der Waals surface area (Å²) in [6.07, 6.45) is 14.4. The molecule has 0 aliphatic heterocycles. The summed E-state index contributed by atoms with van der Waals surface area (Å²) in [6.45, 7) is 4.68. The lowest BCUT2D eigenvalue weighted by Gasteiger charge is -2.57. The van der Waals surface area contributed by atoms with Gasteiger partial charge in [0.25, 0.3) is 0 Å². The van der Waals surface area contributed by atoms with Gasteiger partial charge in [-0.25, -0.2) is 0 Å². The van der Waals surface area contributed by atoms with Gasteiger partial charge in [0.2, 0.25) is 0 Å². The van der Waals surface area contributed by atoms with Gasteiger partial charge in [-0.1, -0.05) is 48.6 Å². The number of halogens is 1. The number of hydrogen-bond acceptors (Lipinski definition) is 2. The minimum atomic E-state index is -0.656. The summed E-state index contributed by atoms with van der Waals surface area (Å²) in [5.41, 5.74) is 0.720. The van der Waals surface area contributed by atoms with Crippen LogP contribution in [0.4, 0.5) is 0 Å². The lowest BCUT2D eigenvalue weighted by molar-refractivity contribution is -0.117. The first-order valence-corrected chi connectivity index (χ1v) is 10.5. The lowest BCUT2D eigenvalue weighted by atomic mass is 9.48. The molecular formula is C21H27IO2. The summed E-state index contributed by atoms with van der Waals surface area (Å²) in [5.74, 6) is 1.98. The Labute approximate surface area is 158 Å². The monoisotopic (exact) mass is 438 g/mol. The molecule has 0 aromatic carbocycles. The van der Waals surface area contributed by atoms with Crippen LogP contribution in [0.2, 0.25) is 0 Å². The van der Waals surface area contributed by atoms with E-state index in [1.807, 2.05) is 16.2 Å². The molecular weight excluding hydrogens is 411 g/mol. The number of ketones is 1. The standard InChI is InChI=1S/C21H27IO2/c1-19-8-5-15(23)13-14(19)3-4-16-17(19)6-9-20(2)18(16)7-10-21(20,24)11-12-22/h3-4,11-13,16-18,24H,5-10H2,1-2H3/b12-11+/t16-,17+,18+,19+,20+,21?/m1/s1. The van der Waals surface area contributed by atoms with E-state index in [1.165, 1.54) is 5.57 Å². The maximum absolute atomic E-state index is 11.9. The number of rotatable bonds is 1. The molecule has 0 aromatic heterocycles. The van der Waals surface area contributed by atoms with Gasteiger partial charge in [-0.3, -0.25) is 4.79 Å². The first-order valence-electron chi connectivity index (χ1n) is 9.28. The van der Waals surface area contributed by atoms with Gasteiger partial charge in [-0.05, 0) is 77.1 Å². The lowest BCUT2D eigenvalue weighted by Crippen LogP contribution is -2.53. The van der Waals surface area contributed by atoms with Crippen LogP contribution in [0.15, 0.2) is 34.0 Å². The Balaban J connectivity index is 1.74. The molecule has 0 amide bonds. The van der Waals surface area contributed by atoms with Crippen LogP contribution in [0, 0.1) is 28.6 Å². The van der Waals surface area contributed by atoms with Crippen molar-refractivity contribution in [3.05, 3.63) is 34.0 Å². The van der Waals surface area contributed by atoms with Gasteiger partial charge in [0, 0.05) is 11.8 Å². The minimum absolute atomic E-state index is 0.0256. The molecule has 4 aliphatic carbocycles. The smallest absolute Gasteiger partial charge is 0.156 e. The van der Waals surface area contributed by atoms with Crippen LogP contribution in [0.1, 0.15) is 52.4 Å². The van der Waals surface area contributed by atoms with Gasteiger partial charge in [-0.15, -0.1) is 0 Å². The molecule has 130 valence electrons. The highest BCUT2D eigenvalue weighted by Gasteiger charge is 2.62. The van der Waals surface area contributed by atoms with E-state index in [-0.39, 0.29) is 16.6 Å². The molecule has 4 aliphatic rings. The molecule has 0 aromatic rings. The maximum Gasteiger partial charge on any atom is 0.156 e. The van der Waals surface area contributed by atoms with E-state index in [9.17, 15) is 9.90 Å². The van der Waals surface area contributed by atoms with Crippen molar-refractivity contribution >= 4 is 28.4 Å². The Morgan fingerprint density at radius 3 is 2.71 bits per heavy atom. The highest BCUT2D eigenvalue weighted by atomic mass is 127. The summed E-state index contributed by atoms with van der Waals surface area (Å²) >= 11 is 2.23. The predicted octanol–water partition coefficient (Wildman–Crippen LogP) is 4.97. The van der Waals surface area contributed by atoms with Gasteiger partial charge >= 0.3 is 0 Å². The van der Waals surface area contributed by atoms with E-state index in [4.69, 9.17) is 0 Å². The van der Waals surface area contributed by atoms with Crippen LogP contribution in [0.3, 0.4) is 0 Å². The van der Waals surface area contributed by atoms with Crippen LogP contribution >= 0.6 is 22.6 Å². The zero-order chi connectivity index (χ0) is 17.2. The van der Waals surface area contributed by atoms with E-state index >= 15 is 0 Å². The molecule has 1 unspecified atom stereocenters. The normalized spacial score (nSPS) is 50.4. The molecule has 1 N–H and O–H groups in total. The number of carbonyl (C=O) groups excluding carboxylic acids is 1. The second kappa shape index (κ2) is 5.54. The Kier molecular flexibility index (Phi) is 3.93. The van der Waals surface area contributed by atoms with E-state index in [0.717, 1.165) is 32.1 Å². The van der Waals surface area contributed by atoms with Crippen LogP contribution in [-0.2, 0) is 4.79 Å². The average molecular weight is 438 g/mol. The molecule has 2 nitrogen and oxygen atoms in total. The zero-order valence-corrected chi connectivity index (χ0v) is 16.8. The van der Waals surface area contributed by atoms with Gasteiger partial charge in [0.1, 0.15) is 0 Å². The van der Waals surface area contributed by atoms with Crippen molar-refractivity contribution in [3.63, 3.8) is 0 Å². The number of allylic oxidation sites excluding steroid dienone is 4. The predicted molar refractivity (Wildman–Crippen MR) is 105 cm³/mol. The number of fused-ring (bicyclic) bond motifs is 5. The third-order valence-corrected chi connectivity index (χ3v) is 8.43. The van der Waals surface area contributed by atoms with E-state index < -0.39 is 5.60 Å². The Morgan fingerprint density at radius 1 is 1.21 bits per heavy atom. The second-order valence-electron chi connectivity index (χ2n) is 8.84. The van der Waals surface area contributed by atoms with E-state index in [2.05, 4.69) is 48.6 Å². The van der Waals surface area contributed by atoms with Crippen molar-refractivity contribution in [1.29, 1.82) is 0 Å². The molecule has 2 saturated carbocycles. The summed E-state index contributed by atoms with van der Waals surface area (Å²) in [7, 11) is 0. The molecule has 4 rings (SSSR count). The minimum Gasteiger partial charge on any atom is -0.385 e. The average Bonchev–Trinajstić information content (AvgIpc) is 2.80. The molecule has 0 saturated heterocycles. The molecule has 0 spiro atoms. The molecule has 24 heavy (non-hydrogen) atoms. The fourth-order valence-corrected chi connectivity index (χ4v) is 7.02. The molecule has 0 radical (unpaired) electrons. The van der Waals surface area contributed by atoms with Crippen LogP contribution in [0.5, 0.6) is 0 Å². The summed E-state index contributed by atoms with van der Waals surface area (Å²) in [4.78, 5) is 11.9. The van der Waals surface area contributed by atoms with Crippen molar-refractivity contribution in [2.45, 2.75) is 58.0 Å². The highest BCUT2D eigenvalue weighted by molar-refractivity contribution is 14.1. The zero-order valence-electron chi connectivity index (χ0n) is 14.6. The SMILES string of the molecule is C[C@]12CCC(=O)C=C1C=C[C@@H]1[C@@H]2CC[C@@]2(C)[C@H]1CCC2(O)/C=C/I. The number of aliphatic hydroxyl groups is 1. The van der Waals surface area contributed by atoms with Crippen molar-refractivity contribution in [1.82, 2.24) is 0 Å². The maximum atomic E-state index is 11.9. The highest BCUT2D eigenvalue weighted by Crippen LogP contribution is 2.66. The summed E-state index contributed by atoms with van der Waals surface area (Å²) in [6, 6.07) is 0. The summed E-state index contributed by atoms with van der Waals surface area (Å²) < 4.78 is 1.99. The van der Waals surface area contributed by atoms with Crippen molar-refractivity contribution in [3.8, 4) is 0 Å². The largest absolute Gasteiger partial charge is 0.385 e. The molecule has 3 heteroatoms. The van der Waals surface area contributed by atoms with Gasteiger partial charge in [0.15, 0.2) is 5.78 Å². The van der Waals surface area contributed by atoms with Crippen molar-refractivity contribution < 1.29 is 9.90 Å². The molecule has 6 atom stereocenters. The molecule has 0 bridgehead atoms. The first kappa shape index (κ1) is 17.0. The molecule has 2 fully saturated rings. The van der Waals surface area contributed by atoms with Gasteiger partial charge < -0.3 is 5.11 Å². The fourth-order valence-electron chi connectivity index (χ4n) is 6.43. The van der Waals surface area contributed by atoms with Gasteiger partial charge in [0.05, 0.1) is 5.60 Å². The quantitative estimate of drug-likeness (QED) is 0.587. The second-order valence-corrected chi connectivity index (χ2v) is 9.56. The van der Waals surface area contributed by atoms with Crippen molar-refractivity contribution in [2.24, 2.45) is 28.6 Å². The van der Waals surface area contributed by atoms with Crippen LogP contribution in [0.25, 0.3) is 0 Å². The van der Waals surface area contributed by atoms with Crippen LogP contribution in [-0.4, -0.2) is 16.5 Å². The Hall–Kier alpha value is -0.420. The van der Waals surface area contributed by atoms with E-state index in [1.54, 1.807) is 0 Å². The van der Waals surface area contributed by atoms with Gasteiger partial charge in [-0.2, -0.15) is 0 Å². The first-order chi connectivity index (χ1) is 11.3. The molecule has 0 heterocycles. The number of hydrogen-bond donors (Lipinski definition) is 1. The fraction of sp³-hybridized carbons (Fsp3) is 0.667. The van der Waals surface area contributed by atoms with Crippen LogP contribution < -0.4 is 0 Å². The third-order valence-electron chi connectivity index (χ3n) is 8.07. The third kappa shape index (κ3) is 2.13. The number of carbonyl (C=O) groups is 1. The Bertz CT molecular complexity index is 663.